The van der Waals surface area contributed by atoms with Crippen molar-refractivity contribution in [2.24, 2.45) is 5.73 Å². The Labute approximate surface area is 100 Å². The molecule has 8 heteroatoms. The molecule has 2 aromatic rings. The maximum absolute atomic E-state index is 10.9. The molecule has 0 aliphatic rings. The summed E-state index contributed by atoms with van der Waals surface area (Å²) in [6.07, 6.45) is 1.41. The van der Waals surface area contributed by atoms with Gasteiger partial charge < -0.3 is 5.73 Å². The van der Waals surface area contributed by atoms with Gasteiger partial charge in [-0.15, -0.1) is 0 Å². The number of nitro benzene ring substituents is 2. The zero-order valence-electron chi connectivity index (χ0n) is 9.07. The molecule has 0 spiro atoms. The summed E-state index contributed by atoms with van der Waals surface area (Å²) in [5, 5.41) is 22.1. The van der Waals surface area contributed by atoms with Gasteiger partial charge in [0.1, 0.15) is 0 Å². The molecule has 1 heterocycles. The third-order valence-corrected chi connectivity index (χ3v) is 2.55. The van der Waals surface area contributed by atoms with Crippen molar-refractivity contribution in [3.05, 3.63) is 50.2 Å². The van der Waals surface area contributed by atoms with Crippen LogP contribution in [-0.2, 0) is 6.54 Å². The second-order valence-electron chi connectivity index (χ2n) is 3.51. The number of hydrogen-bond donors (Lipinski definition) is 1. The molecule has 0 aliphatic carbocycles. The normalized spacial score (nSPS) is 10.5. The first-order chi connectivity index (χ1) is 8.56. The highest BCUT2D eigenvalue weighted by atomic mass is 16.6. The first kappa shape index (κ1) is 11.9. The SMILES string of the molecule is NCc1c([N+](=O)[O-])cc([N+](=O)[O-])c2cccnc12. The molecule has 0 bridgehead atoms. The van der Waals surface area contributed by atoms with Crippen molar-refractivity contribution < 1.29 is 9.85 Å². The van der Waals surface area contributed by atoms with E-state index in [2.05, 4.69) is 4.98 Å². The highest BCUT2D eigenvalue weighted by Gasteiger charge is 2.25. The van der Waals surface area contributed by atoms with Crippen LogP contribution < -0.4 is 5.73 Å². The molecule has 1 aromatic heterocycles. The molecule has 0 radical (unpaired) electrons. The Morgan fingerprint density at radius 1 is 1.22 bits per heavy atom. The monoisotopic (exact) mass is 248 g/mol. The van der Waals surface area contributed by atoms with Gasteiger partial charge in [0.2, 0.25) is 0 Å². The Kier molecular flexibility index (Phi) is 2.86. The lowest BCUT2D eigenvalue weighted by Gasteiger charge is -2.05. The fraction of sp³-hybridized carbons (Fsp3) is 0.100. The molecule has 0 unspecified atom stereocenters. The Bertz CT molecular complexity index is 656. The number of fused-ring (bicyclic) bond motifs is 1. The lowest BCUT2D eigenvalue weighted by molar-refractivity contribution is -0.393. The molecule has 0 aliphatic heterocycles. The van der Waals surface area contributed by atoms with Gasteiger partial charge in [0.05, 0.1) is 32.4 Å². The number of rotatable bonds is 3. The zero-order chi connectivity index (χ0) is 13.3. The number of non-ortho nitro benzene ring substituents is 1. The van der Waals surface area contributed by atoms with Crippen LogP contribution in [0.15, 0.2) is 24.4 Å². The Balaban J connectivity index is 2.95. The van der Waals surface area contributed by atoms with Crippen molar-refractivity contribution in [3.8, 4) is 0 Å². The van der Waals surface area contributed by atoms with Crippen LogP contribution in [0.1, 0.15) is 5.56 Å². The van der Waals surface area contributed by atoms with Crippen molar-refractivity contribution in [2.75, 3.05) is 0 Å². The Morgan fingerprint density at radius 3 is 2.44 bits per heavy atom. The van der Waals surface area contributed by atoms with E-state index in [1.165, 1.54) is 18.3 Å². The number of nitro groups is 2. The van der Waals surface area contributed by atoms with E-state index < -0.39 is 9.85 Å². The summed E-state index contributed by atoms with van der Waals surface area (Å²) in [5.41, 5.74) is 5.13. The second kappa shape index (κ2) is 4.34. The zero-order valence-corrected chi connectivity index (χ0v) is 9.07. The van der Waals surface area contributed by atoms with E-state index in [0.29, 0.717) is 0 Å². The van der Waals surface area contributed by atoms with E-state index in [-0.39, 0.29) is 34.4 Å². The molecular weight excluding hydrogens is 240 g/mol. The van der Waals surface area contributed by atoms with Crippen LogP contribution in [-0.4, -0.2) is 14.8 Å². The van der Waals surface area contributed by atoms with Gasteiger partial charge in [-0.2, -0.15) is 0 Å². The fourth-order valence-corrected chi connectivity index (χ4v) is 1.78. The molecule has 8 nitrogen and oxygen atoms in total. The van der Waals surface area contributed by atoms with Gasteiger partial charge in [0.15, 0.2) is 0 Å². The quantitative estimate of drug-likeness (QED) is 0.648. The highest BCUT2D eigenvalue weighted by Crippen LogP contribution is 2.33. The number of nitrogens with two attached hydrogens (primary N) is 1. The van der Waals surface area contributed by atoms with E-state index in [4.69, 9.17) is 5.73 Å². The topological polar surface area (TPSA) is 125 Å². The highest BCUT2D eigenvalue weighted by molar-refractivity contribution is 5.93. The molecule has 0 amide bonds. The summed E-state index contributed by atoms with van der Waals surface area (Å²) in [4.78, 5) is 24.4. The van der Waals surface area contributed by atoms with Crippen LogP contribution in [0.25, 0.3) is 10.9 Å². The summed E-state index contributed by atoms with van der Waals surface area (Å²) in [7, 11) is 0. The van der Waals surface area contributed by atoms with Crippen LogP contribution in [0, 0.1) is 20.2 Å². The first-order valence-electron chi connectivity index (χ1n) is 4.95. The maximum atomic E-state index is 10.9. The minimum absolute atomic E-state index is 0.109. The van der Waals surface area contributed by atoms with Crippen molar-refractivity contribution in [1.29, 1.82) is 0 Å². The van der Waals surface area contributed by atoms with Crippen LogP contribution >= 0.6 is 0 Å². The molecular formula is C10H8N4O4. The third kappa shape index (κ3) is 1.74. The van der Waals surface area contributed by atoms with Gasteiger partial charge >= 0.3 is 0 Å². The van der Waals surface area contributed by atoms with E-state index in [9.17, 15) is 20.2 Å². The molecule has 0 saturated heterocycles. The van der Waals surface area contributed by atoms with Gasteiger partial charge in [-0.1, -0.05) is 0 Å². The summed E-state index contributed by atoms with van der Waals surface area (Å²) in [6.45, 7) is -0.109. The lowest BCUT2D eigenvalue weighted by Crippen LogP contribution is -2.05. The molecule has 1 aromatic carbocycles. The lowest BCUT2D eigenvalue weighted by atomic mass is 10.1. The Morgan fingerprint density at radius 2 is 1.89 bits per heavy atom. The van der Waals surface area contributed by atoms with E-state index in [1.807, 2.05) is 0 Å². The first-order valence-corrected chi connectivity index (χ1v) is 4.95. The number of hydrogen-bond acceptors (Lipinski definition) is 6. The predicted octanol–water partition coefficient (Wildman–Crippen LogP) is 1.51. The minimum Gasteiger partial charge on any atom is -0.326 e. The number of benzene rings is 1. The summed E-state index contributed by atoms with van der Waals surface area (Å²) < 4.78 is 0. The molecule has 92 valence electrons. The van der Waals surface area contributed by atoms with Crippen molar-refractivity contribution in [2.45, 2.75) is 6.54 Å². The third-order valence-electron chi connectivity index (χ3n) is 2.55. The van der Waals surface area contributed by atoms with Crippen molar-refractivity contribution in [3.63, 3.8) is 0 Å². The van der Waals surface area contributed by atoms with Crippen molar-refractivity contribution >= 4 is 22.3 Å². The Hall–Kier alpha value is -2.61. The summed E-state index contributed by atoms with van der Waals surface area (Å²) >= 11 is 0. The largest absolute Gasteiger partial charge is 0.326 e. The van der Waals surface area contributed by atoms with Gasteiger partial charge in [-0.25, -0.2) is 0 Å². The molecule has 0 atom stereocenters. The van der Waals surface area contributed by atoms with Crippen LogP contribution in [0.5, 0.6) is 0 Å². The number of nitrogens with zero attached hydrogens (tertiary/aromatic N) is 3. The van der Waals surface area contributed by atoms with Crippen LogP contribution in [0.4, 0.5) is 11.4 Å². The van der Waals surface area contributed by atoms with Gasteiger partial charge in [0, 0.05) is 12.7 Å². The molecule has 2 N–H and O–H groups in total. The minimum atomic E-state index is -0.691. The van der Waals surface area contributed by atoms with Crippen LogP contribution in [0.2, 0.25) is 0 Å². The molecule has 2 rings (SSSR count). The fourth-order valence-electron chi connectivity index (χ4n) is 1.78. The van der Waals surface area contributed by atoms with E-state index >= 15 is 0 Å². The van der Waals surface area contributed by atoms with Gasteiger partial charge in [-0.3, -0.25) is 25.2 Å². The summed E-state index contributed by atoms with van der Waals surface area (Å²) in [5.74, 6) is 0. The molecule has 0 saturated carbocycles. The predicted molar refractivity (Wildman–Crippen MR) is 62.9 cm³/mol. The van der Waals surface area contributed by atoms with Gasteiger partial charge in [-0.05, 0) is 12.1 Å². The van der Waals surface area contributed by atoms with Gasteiger partial charge in [0.25, 0.3) is 11.4 Å². The van der Waals surface area contributed by atoms with E-state index in [1.54, 1.807) is 0 Å². The average molecular weight is 248 g/mol. The second-order valence-corrected chi connectivity index (χ2v) is 3.51. The summed E-state index contributed by atoms with van der Waals surface area (Å²) in [6, 6.07) is 3.94. The van der Waals surface area contributed by atoms with E-state index in [0.717, 1.165) is 6.07 Å². The van der Waals surface area contributed by atoms with Crippen molar-refractivity contribution in [1.82, 2.24) is 4.98 Å². The molecule has 0 fully saturated rings. The molecule has 18 heavy (non-hydrogen) atoms. The number of pyridine rings is 1. The smallest absolute Gasteiger partial charge is 0.285 e. The number of aromatic nitrogens is 1. The maximum Gasteiger partial charge on any atom is 0.285 e. The van der Waals surface area contributed by atoms with Crippen LogP contribution in [0.3, 0.4) is 0 Å². The average Bonchev–Trinajstić information content (AvgIpc) is 2.36. The standard InChI is InChI=1S/C10H8N4O4/c11-5-7-9(14(17)18)4-8(13(15)16)6-2-1-3-12-10(6)7/h1-4H,5,11H2.